The lowest BCUT2D eigenvalue weighted by Gasteiger charge is -2.25. The maximum absolute atomic E-state index is 4.08. The van der Waals surface area contributed by atoms with Gasteiger partial charge in [0, 0.05) is 35.2 Å². The van der Waals surface area contributed by atoms with Gasteiger partial charge in [0.2, 0.25) is 0 Å². The van der Waals surface area contributed by atoms with Crippen molar-refractivity contribution >= 4 is 22.5 Å². The van der Waals surface area contributed by atoms with Crippen LogP contribution in [0, 0.1) is 0 Å². The van der Waals surface area contributed by atoms with Crippen LogP contribution in [0.25, 0.3) is 22.3 Å². The van der Waals surface area contributed by atoms with Crippen molar-refractivity contribution < 1.29 is 0 Å². The lowest BCUT2D eigenvalue weighted by atomic mass is 9.92. The fourth-order valence-corrected chi connectivity index (χ4v) is 7.45. The van der Waals surface area contributed by atoms with Crippen LogP contribution in [0.2, 0.25) is 0 Å². The first-order chi connectivity index (χ1) is 31.5. The van der Waals surface area contributed by atoms with Crippen LogP contribution in [-0.4, -0.2) is 11.4 Å². The maximum atomic E-state index is 4.08. The quantitative estimate of drug-likeness (QED) is 0.0921. The van der Waals surface area contributed by atoms with Crippen LogP contribution in [-0.2, 0) is 6.42 Å². The Labute approximate surface area is 383 Å². The van der Waals surface area contributed by atoms with E-state index in [1.807, 2.05) is 30.4 Å². The summed E-state index contributed by atoms with van der Waals surface area (Å²) in [5.41, 5.74) is 14.0. The van der Waals surface area contributed by atoms with Crippen LogP contribution < -0.4 is 5.32 Å². The van der Waals surface area contributed by atoms with Gasteiger partial charge in [-0.1, -0.05) is 226 Å². The molecule has 0 saturated carbocycles. The minimum atomic E-state index is 0.428. The highest BCUT2D eigenvalue weighted by Crippen LogP contribution is 2.29. The maximum Gasteiger partial charge on any atom is 0.0411 e. The standard InChI is InChI=1S/C50H50N2.C12H10/c1-5-20-50(31-17-23-41-21-11-8-12-22-41)52(40(4)32-33-43(7-3)44-24-13-9-14-25-44)38-19-29-42(6-2)46-34-36-48(37-35-46)51-49-30-18-28-47(39-49)45-26-15-10-16-27-45;1-3-7-11(8-4-1)12-9-5-2-6-10-12/h5-22,24-26,28-37,39,45,51H,1,3,23,27,38H2,2,4H3;1-10H/b29-19-,31-17-,40-32+,42-6+,43-33+,50-20+;. The molecule has 0 heterocycles. The molecule has 1 aliphatic carbocycles. The van der Waals surface area contributed by atoms with Crippen molar-refractivity contribution in [1.29, 1.82) is 0 Å². The van der Waals surface area contributed by atoms with Crippen molar-refractivity contribution in [2.45, 2.75) is 32.6 Å². The topological polar surface area (TPSA) is 15.3 Å². The molecule has 0 saturated heterocycles. The highest BCUT2D eigenvalue weighted by atomic mass is 15.1. The first kappa shape index (κ1) is 45.8. The Kier molecular flexibility index (Phi) is 18.1. The number of rotatable bonds is 17. The third-order valence-corrected chi connectivity index (χ3v) is 10.9. The molecule has 0 radical (unpaired) electrons. The molecule has 6 aromatic carbocycles. The average Bonchev–Trinajstić information content (AvgIpc) is 3.36. The number of hydrogen-bond acceptors (Lipinski definition) is 2. The summed E-state index contributed by atoms with van der Waals surface area (Å²) in [6.07, 6.45) is 31.8. The summed E-state index contributed by atoms with van der Waals surface area (Å²) in [6, 6.07) is 59.1. The molecule has 0 amide bonds. The molecule has 0 fully saturated rings. The van der Waals surface area contributed by atoms with Crippen LogP contribution in [0.1, 0.15) is 48.4 Å². The smallest absolute Gasteiger partial charge is 0.0411 e. The third-order valence-electron chi connectivity index (χ3n) is 10.9. The second-order valence-corrected chi connectivity index (χ2v) is 15.4. The van der Waals surface area contributed by atoms with Gasteiger partial charge in [-0.15, -0.1) is 0 Å². The number of benzene rings is 6. The Morgan fingerprint density at radius 3 is 1.88 bits per heavy atom. The first-order valence-corrected chi connectivity index (χ1v) is 22.2. The Hall–Kier alpha value is -7.68. The molecule has 2 heteroatoms. The van der Waals surface area contributed by atoms with E-state index in [-0.39, 0.29) is 0 Å². The zero-order valence-corrected chi connectivity index (χ0v) is 37.3. The monoisotopic (exact) mass is 832 g/mol. The van der Waals surface area contributed by atoms with E-state index < -0.39 is 0 Å². The Balaban J connectivity index is 0.000000485. The molecule has 0 aliphatic heterocycles. The molecule has 1 atom stereocenters. The summed E-state index contributed by atoms with van der Waals surface area (Å²) in [7, 11) is 0. The zero-order chi connectivity index (χ0) is 44.6. The Morgan fingerprint density at radius 1 is 0.625 bits per heavy atom. The van der Waals surface area contributed by atoms with Gasteiger partial charge < -0.3 is 10.2 Å². The van der Waals surface area contributed by atoms with Gasteiger partial charge in [-0.05, 0) is 114 Å². The van der Waals surface area contributed by atoms with E-state index in [1.165, 1.54) is 33.4 Å². The summed E-state index contributed by atoms with van der Waals surface area (Å²) >= 11 is 0. The molecule has 0 bridgehead atoms. The molecular formula is C62H60N2. The minimum absolute atomic E-state index is 0.428. The van der Waals surface area contributed by atoms with E-state index in [1.54, 1.807) is 0 Å². The molecule has 64 heavy (non-hydrogen) atoms. The predicted molar refractivity (Wildman–Crippen MR) is 279 cm³/mol. The fourth-order valence-electron chi connectivity index (χ4n) is 7.45. The Bertz CT molecular complexity index is 2580. The molecular weight excluding hydrogens is 773 g/mol. The van der Waals surface area contributed by atoms with E-state index in [9.17, 15) is 0 Å². The molecule has 2 nitrogen and oxygen atoms in total. The SMILES string of the molecule is C=C/C=C(\C=C/Cc1ccccc1)N(C/C=C\C(=C/C)c1ccc(Nc2cccc(C3C=CC=CC3)c2)cc1)/C(C)=C/C=C(\C=C)c1ccccc1.c1ccc(-c2ccccc2)cc1. The number of hydrogen-bond donors (Lipinski definition) is 1. The van der Waals surface area contributed by atoms with Crippen molar-refractivity contribution in [3.05, 3.63) is 302 Å². The lowest BCUT2D eigenvalue weighted by molar-refractivity contribution is 0.488. The molecule has 7 rings (SSSR count). The van der Waals surface area contributed by atoms with Crippen molar-refractivity contribution in [3.8, 4) is 11.1 Å². The molecule has 318 valence electrons. The van der Waals surface area contributed by atoms with E-state index >= 15 is 0 Å². The number of nitrogens with zero attached hydrogens (tertiary/aromatic N) is 1. The van der Waals surface area contributed by atoms with Crippen molar-refractivity contribution in [2.75, 3.05) is 11.9 Å². The average molecular weight is 833 g/mol. The van der Waals surface area contributed by atoms with E-state index in [4.69, 9.17) is 0 Å². The van der Waals surface area contributed by atoms with Gasteiger partial charge in [-0.2, -0.15) is 0 Å². The number of allylic oxidation sites excluding steroid dienone is 16. The highest BCUT2D eigenvalue weighted by molar-refractivity contribution is 5.76. The minimum Gasteiger partial charge on any atom is -0.356 e. The van der Waals surface area contributed by atoms with E-state index in [0.717, 1.165) is 46.7 Å². The third kappa shape index (κ3) is 14.2. The molecule has 1 aliphatic rings. The zero-order valence-electron chi connectivity index (χ0n) is 37.3. The summed E-state index contributed by atoms with van der Waals surface area (Å²) in [5, 5.41) is 3.60. The second kappa shape index (κ2) is 25.3. The van der Waals surface area contributed by atoms with Gasteiger partial charge in [0.1, 0.15) is 0 Å². The number of nitrogens with one attached hydrogen (secondary N) is 1. The van der Waals surface area contributed by atoms with Crippen molar-refractivity contribution in [3.63, 3.8) is 0 Å². The van der Waals surface area contributed by atoms with Crippen LogP contribution >= 0.6 is 0 Å². The number of anilines is 2. The van der Waals surface area contributed by atoms with Gasteiger partial charge in [0.15, 0.2) is 0 Å². The van der Waals surface area contributed by atoms with Gasteiger partial charge in [-0.3, -0.25) is 0 Å². The molecule has 1 N–H and O–H groups in total. The van der Waals surface area contributed by atoms with Crippen molar-refractivity contribution in [2.24, 2.45) is 0 Å². The van der Waals surface area contributed by atoms with Crippen LogP contribution in [0.15, 0.2) is 279 Å². The molecule has 1 unspecified atom stereocenters. The highest BCUT2D eigenvalue weighted by Gasteiger charge is 2.10. The molecule has 6 aromatic rings. The van der Waals surface area contributed by atoms with Gasteiger partial charge in [-0.25, -0.2) is 0 Å². The summed E-state index contributed by atoms with van der Waals surface area (Å²) in [4.78, 5) is 2.32. The predicted octanol–water partition coefficient (Wildman–Crippen LogP) is 16.7. The van der Waals surface area contributed by atoms with Crippen LogP contribution in [0.5, 0.6) is 0 Å². The summed E-state index contributed by atoms with van der Waals surface area (Å²) in [6.45, 7) is 13.0. The summed E-state index contributed by atoms with van der Waals surface area (Å²) in [5.74, 6) is 0.428. The fraction of sp³-hybridized carbons (Fsp3) is 0.0968. The van der Waals surface area contributed by atoms with Crippen LogP contribution in [0.3, 0.4) is 0 Å². The largest absolute Gasteiger partial charge is 0.356 e. The lowest BCUT2D eigenvalue weighted by Crippen LogP contribution is -2.20. The summed E-state index contributed by atoms with van der Waals surface area (Å²) < 4.78 is 0. The van der Waals surface area contributed by atoms with Crippen LogP contribution in [0.4, 0.5) is 11.4 Å². The second-order valence-electron chi connectivity index (χ2n) is 15.4. The van der Waals surface area contributed by atoms with Gasteiger partial charge >= 0.3 is 0 Å². The first-order valence-electron chi connectivity index (χ1n) is 22.2. The van der Waals surface area contributed by atoms with Crippen molar-refractivity contribution in [1.82, 2.24) is 4.90 Å². The van der Waals surface area contributed by atoms with E-state index in [2.05, 4.69) is 262 Å². The van der Waals surface area contributed by atoms with Gasteiger partial charge in [0.25, 0.3) is 0 Å². The van der Waals surface area contributed by atoms with E-state index in [0.29, 0.717) is 12.5 Å². The van der Waals surface area contributed by atoms with Gasteiger partial charge in [0.05, 0.1) is 0 Å². The Morgan fingerprint density at radius 2 is 1.27 bits per heavy atom. The normalized spacial score (nSPS) is 14.2. The molecule has 0 spiro atoms. The molecule has 0 aromatic heterocycles.